The van der Waals surface area contributed by atoms with E-state index in [0.29, 0.717) is 34.7 Å². The number of rotatable bonds is 8. The van der Waals surface area contributed by atoms with Crippen LogP contribution in [0.15, 0.2) is 40.9 Å². The molecule has 0 bridgehead atoms. The van der Waals surface area contributed by atoms with Gasteiger partial charge in [-0.3, -0.25) is 9.69 Å². The van der Waals surface area contributed by atoms with Crippen LogP contribution < -0.4 is 14.8 Å². The van der Waals surface area contributed by atoms with Crippen molar-refractivity contribution in [3.05, 3.63) is 57.6 Å². The van der Waals surface area contributed by atoms with Crippen molar-refractivity contribution in [2.24, 2.45) is 0 Å². The van der Waals surface area contributed by atoms with Crippen LogP contribution in [0.25, 0.3) is 0 Å². The summed E-state index contributed by atoms with van der Waals surface area (Å²) >= 11 is 3.47. The Morgan fingerprint density at radius 1 is 1.13 bits per heavy atom. The second kappa shape index (κ2) is 10.8. The molecule has 7 heteroatoms. The molecule has 0 aliphatic carbocycles. The van der Waals surface area contributed by atoms with E-state index in [4.69, 9.17) is 9.47 Å². The quantitative estimate of drug-likeness (QED) is 0.632. The molecular formula is C23H30BrN3O3. The highest BCUT2D eigenvalue weighted by atomic mass is 79.9. The summed E-state index contributed by atoms with van der Waals surface area (Å²) in [6.07, 6.45) is 0. The van der Waals surface area contributed by atoms with Gasteiger partial charge in [0.1, 0.15) is 0 Å². The van der Waals surface area contributed by atoms with Gasteiger partial charge in [0.25, 0.3) is 5.91 Å². The lowest BCUT2D eigenvalue weighted by Crippen LogP contribution is -2.43. The Kier molecular flexibility index (Phi) is 8.13. The molecule has 1 heterocycles. The SMILES string of the molecule is CCOc1c(Br)cc(C(=O)NCc2cccc(CN3CCN(C)CC3)c2)cc1OC. The van der Waals surface area contributed by atoms with Gasteiger partial charge in [-0.25, -0.2) is 0 Å². The molecule has 2 aromatic rings. The van der Waals surface area contributed by atoms with Gasteiger partial charge in [0.2, 0.25) is 0 Å². The summed E-state index contributed by atoms with van der Waals surface area (Å²) in [5, 5.41) is 3.01. The summed E-state index contributed by atoms with van der Waals surface area (Å²) < 4.78 is 11.7. The lowest BCUT2D eigenvalue weighted by molar-refractivity contribution is 0.0950. The van der Waals surface area contributed by atoms with E-state index >= 15 is 0 Å². The van der Waals surface area contributed by atoms with Crippen LogP contribution >= 0.6 is 15.9 Å². The average Bonchev–Trinajstić information content (AvgIpc) is 2.75. The van der Waals surface area contributed by atoms with E-state index in [2.05, 4.69) is 56.3 Å². The molecule has 6 nitrogen and oxygen atoms in total. The molecule has 1 N–H and O–H groups in total. The van der Waals surface area contributed by atoms with Crippen molar-refractivity contribution in [2.75, 3.05) is 46.9 Å². The van der Waals surface area contributed by atoms with Crippen LogP contribution in [-0.2, 0) is 13.1 Å². The number of likely N-dealkylation sites (N-methyl/N-ethyl adjacent to an activating group) is 1. The van der Waals surface area contributed by atoms with E-state index in [0.717, 1.165) is 38.3 Å². The second-order valence-electron chi connectivity index (χ2n) is 7.50. The molecule has 0 unspecified atom stereocenters. The molecule has 1 fully saturated rings. The Bertz CT molecular complexity index is 867. The topological polar surface area (TPSA) is 54.0 Å². The van der Waals surface area contributed by atoms with E-state index in [9.17, 15) is 4.79 Å². The van der Waals surface area contributed by atoms with Gasteiger partial charge in [0, 0.05) is 44.8 Å². The molecule has 1 aliphatic rings. The minimum absolute atomic E-state index is 0.151. The average molecular weight is 476 g/mol. The van der Waals surface area contributed by atoms with Crippen molar-refractivity contribution in [3.8, 4) is 11.5 Å². The first kappa shape index (κ1) is 22.6. The Labute approximate surface area is 187 Å². The highest BCUT2D eigenvalue weighted by Gasteiger charge is 2.16. The van der Waals surface area contributed by atoms with E-state index in [1.165, 1.54) is 5.56 Å². The molecule has 0 saturated carbocycles. The Morgan fingerprint density at radius 3 is 2.57 bits per heavy atom. The number of methoxy groups -OCH3 is 1. The largest absolute Gasteiger partial charge is 0.493 e. The normalized spacial score (nSPS) is 15.1. The molecule has 0 spiro atoms. The number of halogens is 1. The molecule has 2 aromatic carbocycles. The zero-order chi connectivity index (χ0) is 21.5. The Hall–Kier alpha value is -2.09. The fourth-order valence-corrected chi connectivity index (χ4v) is 4.08. The third-order valence-electron chi connectivity index (χ3n) is 5.23. The summed E-state index contributed by atoms with van der Waals surface area (Å²) in [4.78, 5) is 17.5. The number of piperazine rings is 1. The van der Waals surface area contributed by atoms with E-state index in [1.54, 1.807) is 19.2 Å². The van der Waals surface area contributed by atoms with Crippen LogP contribution in [0.2, 0.25) is 0 Å². The van der Waals surface area contributed by atoms with Crippen LogP contribution in [0.1, 0.15) is 28.4 Å². The molecule has 3 rings (SSSR count). The fourth-order valence-electron chi connectivity index (χ4n) is 3.52. The van der Waals surface area contributed by atoms with Crippen molar-refractivity contribution in [3.63, 3.8) is 0 Å². The summed E-state index contributed by atoms with van der Waals surface area (Å²) in [7, 11) is 3.73. The van der Waals surface area contributed by atoms with Crippen molar-refractivity contribution < 1.29 is 14.3 Å². The van der Waals surface area contributed by atoms with Gasteiger partial charge < -0.3 is 19.7 Å². The third kappa shape index (κ3) is 5.97. The van der Waals surface area contributed by atoms with E-state index in [1.807, 2.05) is 13.0 Å². The first-order chi connectivity index (χ1) is 14.5. The van der Waals surface area contributed by atoms with Gasteiger partial charge in [0.05, 0.1) is 18.2 Å². The van der Waals surface area contributed by atoms with Crippen LogP contribution in [-0.4, -0.2) is 62.7 Å². The van der Waals surface area contributed by atoms with Crippen molar-refractivity contribution in [1.82, 2.24) is 15.1 Å². The number of carbonyl (C=O) groups is 1. The van der Waals surface area contributed by atoms with Gasteiger partial charge in [-0.2, -0.15) is 0 Å². The Morgan fingerprint density at radius 2 is 1.87 bits per heavy atom. The minimum atomic E-state index is -0.151. The molecule has 0 atom stereocenters. The predicted molar refractivity (Wildman–Crippen MR) is 122 cm³/mol. The number of amides is 1. The molecular weight excluding hydrogens is 446 g/mol. The first-order valence-electron chi connectivity index (χ1n) is 10.3. The molecule has 1 aliphatic heterocycles. The standard InChI is InChI=1S/C23H30BrN3O3/c1-4-30-22-20(24)13-19(14-21(22)29-3)23(28)25-15-17-6-5-7-18(12-17)16-27-10-8-26(2)9-11-27/h5-7,12-14H,4,8-11,15-16H2,1-3H3,(H,25,28). The lowest BCUT2D eigenvalue weighted by atomic mass is 10.1. The minimum Gasteiger partial charge on any atom is -0.493 e. The maximum atomic E-state index is 12.7. The maximum absolute atomic E-state index is 12.7. The van der Waals surface area contributed by atoms with Crippen LogP contribution in [0.5, 0.6) is 11.5 Å². The molecule has 162 valence electrons. The number of ether oxygens (including phenoxy) is 2. The van der Waals surface area contributed by atoms with E-state index < -0.39 is 0 Å². The van der Waals surface area contributed by atoms with Crippen molar-refractivity contribution in [2.45, 2.75) is 20.0 Å². The summed E-state index contributed by atoms with van der Waals surface area (Å²) in [6, 6.07) is 11.9. The number of carbonyl (C=O) groups excluding carboxylic acids is 1. The van der Waals surface area contributed by atoms with Gasteiger partial charge >= 0.3 is 0 Å². The summed E-state index contributed by atoms with van der Waals surface area (Å²) in [5.74, 6) is 0.986. The number of nitrogens with zero attached hydrogens (tertiary/aromatic N) is 2. The fraction of sp³-hybridized carbons (Fsp3) is 0.435. The van der Waals surface area contributed by atoms with Crippen molar-refractivity contribution >= 4 is 21.8 Å². The highest BCUT2D eigenvalue weighted by Crippen LogP contribution is 2.36. The van der Waals surface area contributed by atoms with Gasteiger partial charge in [-0.05, 0) is 53.2 Å². The van der Waals surface area contributed by atoms with Crippen LogP contribution in [0, 0.1) is 0 Å². The number of hydrogen-bond acceptors (Lipinski definition) is 5. The lowest BCUT2D eigenvalue weighted by Gasteiger charge is -2.32. The second-order valence-corrected chi connectivity index (χ2v) is 8.36. The monoisotopic (exact) mass is 475 g/mol. The molecule has 0 radical (unpaired) electrons. The highest BCUT2D eigenvalue weighted by molar-refractivity contribution is 9.10. The smallest absolute Gasteiger partial charge is 0.251 e. The third-order valence-corrected chi connectivity index (χ3v) is 5.82. The van der Waals surface area contributed by atoms with Crippen LogP contribution in [0.3, 0.4) is 0 Å². The molecule has 30 heavy (non-hydrogen) atoms. The maximum Gasteiger partial charge on any atom is 0.251 e. The molecule has 1 saturated heterocycles. The summed E-state index contributed by atoms with van der Waals surface area (Å²) in [6.45, 7) is 8.24. The zero-order valence-corrected chi connectivity index (χ0v) is 19.5. The number of nitrogens with one attached hydrogen (secondary N) is 1. The van der Waals surface area contributed by atoms with E-state index in [-0.39, 0.29) is 5.91 Å². The summed E-state index contributed by atoms with van der Waals surface area (Å²) in [5.41, 5.74) is 2.89. The van der Waals surface area contributed by atoms with Gasteiger partial charge in [-0.1, -0.05) is 24.3 Å². The van der Waals surface area contributed by atoms with Gasteiger partial charge in [0.15, 0.2) is 11.5 Å². The molecule has 1 amide bonds. The Balaban J connectivity index is 1.61. The predicted octanol–water partition coefficient (Wildman–Crippen LogP) is 3.53. The van der Waals surface area contributed by atoms with Crippen LogP contribution in [0.4, 0.5) is 0 Å². The number of benzene rings is 2. The first-order valence-corrected chi connectivity index (χ1v) is 11.1. The van der Waals surface area contributed by atoms with Crippen molar-refractivity contribution in [1.29, 1.82) is 0 Å². The molecule has 0 aromatic heterocycles. The number of hydrogen-bond donors (Lipinski definition) is 1. The van der Waals surface area contributed by atoms with Gasteiger partial charge in [-0.15, -0.1) is 0 Å². The zero-order valence-electron chi connectivity index (χ0n) is 17.9.